The summed E-state index contributed by atoms with van der Waals surface area (Å²) < 4.78 is 43.8. The number of halogens is 3. The zero-order valence-corrected chi connectivity index (χ0v) is 16.4. The minimum absolute atomic E-state index is 0.145. The number of anilines is 2. The number of nitrogens with zero attached hydrogens (tertiary/aromatic N) is 2. The van der Waals surface area contributed by atoms with Gasteiger partial charge < -0.3 is 15.0 Å². The Morgan fingerprint density at radius 2 is 1.76 bits per heavy atom. The van der Waals surface area contributed by atoms with Crippen molar-refractivity contribution in [2.75, 3.05) is 43.5 Å². The van der Waals surface area contributed by atoms with Crippen molar-refractivity contribution in [1.82, 2.24) is 4.90 Å². The number of amides is 1. The smallest absolute Gasteiger partial charge is 0.416 e. The third-order valence-electron chi connectivity index (χ3n) is 5.12. The highest BCUT2D eigenvalue weighted by molar-refractivity contribution is 5.94. The molecule has 1 saturated heterocycles. The summed E-state index contributed by atoms with van der Waals surface area (Å²) in [6.45, 7) is 4.61. The lowest BCUT2D eigenvalue weighted by atomic mass is 10.1. The van der Waals surface area contributed by atoms with Gasteiger partial charge in [0.25, 0.3) is 0 Å². The Labute approximate surface area is 168 Å². The SMILES string of the molecule is COc1cccc(N2CCN([C@@H](C)C(=O)Nc3cccc(C(F)(F)F)c3)CC2)c1. The van der Waals surface area contributed by atoms with E-state index < -0.39 is 17.8 Å². The monoisotopic (exact) mass is 407 g/mol. The first-order valence-electron chi connectivity index (χ1n) is 9.39. The number of carbonyl (C=O) groups excluding carboxylic acids is 1. The lowest BCUT2D eigenvalue weighted by Crippen LogP contribution is -2.52. The molecule has 0 bridgehead atoms. The largest absolute Gasteiger partial charge is 0.497 e. The Bertz CT molecular complexity index is 849. The molecule has 0 unspecified atom stereocenters. The zero-order chi connectivity index (χ0) is 21.0. The number of hydrogen-bond acceptors (Lipinski definition) is 4. The number of hydrogen-bond donors (Lipinski definition) is 1. The van der Waals surface area contributed by atoms with Crippen molar-refractivity contribution in [3.05, 3.63) is 54.1 Å². The first kappa shape index (κ1) is 21.0. The fraction of sp³-hybridized carbons (Fsp3) is 0.381. The summed E-state index contributed by atoms with van der Waals surface area (Å²) in [7, 11) is 1.63. The van der Waals surface area contributed by atoms with Crippen LogP contribution in [0.3, 0.4) is 0 Å². The maximum absolute atomic E-state index is 12.8. The highest BCUT2D eigenvalue weighted by atomic mass is 19.4. The van der Waals surface area contributed by atoms with Gasteiger partial charge in [-0.05, 0) is 37.3 Å². The molecule has 3 rings (SSSR count). The van der Waals surface area contributed by atoms with Crippen LogP contribution in [0.15, 0.2) is 48.5 Å². The number of carbonyl (C=O) groups is 1. The molecule has 2 aromatic carbocycles. The number of nitrogens with one attached hydrogen (secondary N) is 1. The molecule has 1 aliphatic rings. The Balaban J connectivity index is 1.57. The van der Waals surface area contributed by atoms with Gasteiger partial charge in [0.2, 0.25) is 5.91 Å². The predicted octanol–water partition coefficient (Wildman–Crippen LogP) is 3.86. The second-order valence-electron chi connectivity index (χ2n) is 6.97. The molecule has 2 aromatic rings. The minimum Gasteiger partial charge on any atom is -0.497 e. The van der Waals surface area contributed by atoms with Crippen molar-refractivity contribution in [1.29, 1.82) is 0 Å². The van der Waals surface area contributed by atoms with Gasteiger partial charge in [-0.1, -0.05) is 12.1 Å². The van der Waals surface area contributed by atoms with Crippen LogP contribution in [0.1, 0.15) is 12.5 Å². The van der Waals surface area contributed by atoms with Crippen LogP contribution < -0.4 is 15.0 Å². The van der Waals surface area contributed by atoms with Gasteiger partial charge in [-0.2, -0.15) is 13.2 Å². The van der Waals surface area contributed by atoms with E-state index in [4.69, 9.17) is 4.74 Å². The van der Waals surface area contributed by atoms with Crippen LogP contribution >= 0.6 is 0 Å². The van der Waals surface area contributed by atoms with E-state index in [2.05, 4.69) is 10.2 Å². The minimum atomic E-state index is -4.44. The number of benzene rings is 2. The second kappa shape index (κ2) is 8.73. The van der Waals surface area contributed by atoms with Gasteiger partial charge in [-0.3, -0.25) is 9.69 Å². The van der Waals surface area contributed by atoms with Gasteiger partial charge >= 0.3 is 6.18 Å². The van der Waals surface area contributed by atoms with Gasteiger partial charge in [0.05, 0.1) is 18.7 Å². The van der Waals surface area contributed by atoms with Crippen molar-refractivity contribution in [3.63, 3.8) is 0 Å². The molecule has 29 heavy (non-hydrogen) atoms. The standard InChI is InChI=1S/C21H24F3N3O2/c1-15(20(28)25-17-6-3-5-16(13-17)21(22,23)24)26-9-11-27(12-10-26)18-7-4-8-19(14-18)29-2/h3-8,13-15H,9-12H2,1-2H3,(H,25,28)/t15-/m0/s1. The Morgan fingerprint density at radius 1 is 1.07 bits per heavy atom. The molecule has 156 valence electrons. The second-order valence-corrected chi connectivity index (χ2v) is 6.97. The van der Waals surface area contributed by atoms with Gasteiger partial charge in [-0.25, -0.2) is 0 Å². The third kappa shape index (κ3) is 5.20. The van der Waals surface area contributed by atoms with Crippen LogP contribution in [0.25, 0.3) is 0 Å². The number of rotatable bonds is 5. The van der Waals surface area contributed by atoms with E-state index in [1.165, 1.54) is 12.1 Å². The van der Waals surface area contributed by atoms with Crippen LogP contribution in [0.5, 0.6) is 5.75 Å². The van der Waals surface area contributed by atoms with E-state index in [1.54, 1.807) is 14.0 Å². The first-order valence-corrected chi connectivity index (χ1v) is 9.39. The van der Waals surface area contributed by atoms with Crippen molar-refractivity contribution in [2.24, 2.45) is 0 Å². The van der Waals surface area contributed by atoms with Gasteiger partial charge in [0, 0.05) is 43.6 Å². The molecule has 1 atom stereocenters. The topological polar surface area (TPSA) is 44.8 Å². The predicted molar refractivity (Wildman–Crippen MR) is 106 cm³/mol. The zero-order valence-electron chi connectivity index (χ0n) is 16.4. The highest BCUT2D eigenvalue weighted by Crippen LogP contribution is 2.30. The third-order valence-corrected chi connectivity index (χ3v) is 5.12. The molecular formula is C21H24F3N3O2. The van der Waals surface area contributed by atoms with Crippen molar-refractivity contribution in [3.8, 4) is 5.75 Å². The van der Waals surface area contributed by atoms with Gasteiger partial charge in [0.1, 0.15) is 5.75 Å². The molecule has 1 aliphatic heterocycles. The molecule has 0 aliphatic carbocycles. The summed E-state index contributed by atoms with van der Waals surface area (Å²) in [5.41, 5.74) is 0.423. The van der Waals surface area contributed by atoms with Crippen molar-refractivity contribution >= 4 is 17.3 Å². The van der Waals surface area contributed by atoms with E-state index >= 15 is 0 Å². The molecule has 0 aromatic heterocycles. The lowest BCUT2D eigenvalue weighted by molar-refractivity contribution is -0.137. The average Bonchev–Trinajstić information content (AvgIpc) is 2.73. The summed E-state index contributed by atoms with van der Waals surface area (Å²) in [6.07, 6.45) is -4.44. The summed E-state index contributed by atoms with van der Waals surface area (Å²) >= 11 is 0. The molecule has 8 heteroatoms. The fourth-order valence-corrected chi connectivity index (χ4v) is 3.36. The molecule has 0 radical (unpaired) electrons. The molecule has 5 nitrogen and oxygen atoms in total. The summed E-state index contributed by atoms with van der Waals surface area (Å²) in [5, 5.41) is 2.60. The molecule has 0 saturated carbocycles. The average molecular weight is 407 g/mol. The molecule has 1 fully saturated rings. The Hall–Kier alpha value is -2.74. The molecule has 1 amide bonds. The summed E-state index contributed by atoms with van der Waals surface area (Å²) in [4.78, 5) is 16.8. The fourth-order valence-electron chi connectivity index (χ4n) is 3.36. The number of alkyl halides is 3. The van der Waals surface area contributed by atoms with Crippen LogP contribution in [-0.2, 0) is 11.0 Å². The first-order chi connectivity index (χ1) is 13.8. The van der Waals surface area contributed by atoms with E-state index in [0.717, 1.165) is 36.7 Å². The van der Waals surface area contributed by atoms with Crippen LogP contribution in [-0.4, -0.2) is 50.1 Å². The van der Waals surface area contributed by atoms with Crippen LogP contribution in [0.4, 0.5) is 24.5 Å². The molecule has 1 N–H and O–H groups in total. The number of ether oxygens (including phenoxy) is 1. The molecular weight excluding hydrogens is 383 g/mol. The molecule has 0 spiro atoms. The van der Waals surface area contributed by atoms with Crippen molar-refractivity contribution < 1.29 is 22.7 Å². The number of methoxy groups -OCH3 is 1. The maximum atomic E-state index is 12.8. The normalized spacial score (nSPS) is 16.4. The highest BCUT2D eigenvalue weighted by Gasteiger charge is 2.31. The lowest BCUT2D eigenvalue weighted by Gasteiger charge is -2.38. The van der Waals surface area contributed by atoms with Crippen molar-refractivity contribution in [2.45, 2.75) is 19.1 Å². The van der Waals surface area contributed by atoms with E-state index in [1.807, 2.05) is 29.2 Å². The summed E-state index contributed by atoms with van der Waals surface area (Å²) in [6, 6.07) is 12.0. The van der Waals surface area contributed by atoms with Gasteiger partial charge in [-0.15, -0.1) is 0 Å². The van der Waals surface area contributed by atoms with Crippen LogP contribution in [0, 0.1) is 0 Å². The van der Waals surface area contributed by atoms with E-state index in [9.17, 15) is 18.0 Å². The molecule has 1 heterocycles. The number of piperazine rings is 1. The quantitative estimate of drug-likeness (QED) is 0.818. The van der Waals surface area contributed by atoms with Crippen LogP contribution in [0.2, 0.25) is 0 Å². The van der Waals surface area contributed by atoms with E-state index in [-0.39, 0.29) is 11.6 Å². The Kier molecular flexibility index (Phi) is 6.32. The van der Waals surface area contributed by atoms with Gasteiger partial charge in [0.15, 0.2) is 0 Å². The summed E-state index contributed by atoms with van der Waals surface area (Å²) in [5.74, 6) is 0.470. The maximum Gasteiger partial charge on any atom is 0.416 e. The van der Waals surface area contributed by atoms with E-state index in [0.29, 0.717) is 13.1 Å². The Morgan fingerprint density at radius 3 is 2.41 bits per heavy atom.